The zero-order valence-electron chi connectivity index (χ0n) is 17.9. The lowest BCUT2D eigenvalue weighted by atomic mass is 10.1. The van der Waals surface area contributed by atoms with Crippen molar-refractivity contribution in [1.82, 2.24) is 9.97 Å². The second kappa shape index (κ2) is 9.75. The number of anilines is 1. The molecule has 1 N–H and O–H groups in total. The van der Waals surface area contributed by atoms with Gasteiger partial charge in [0.25, 0.3) is 5.91 Å². The van der Waals surface area contributed by atoms with E-state index in [1.807, 2.05) is 54.6 Å². The molecule has 0 bridgehead atoms. The van der Waals surface area contributed by atoms with Crippen LogP contribution in [-0.2, 0) is 6.42 Å². The maximum atomic E-state index is 12.7. The van der Waals surface area contributed by atoms with Crippen LogP contribution in [-0.4, -0.2) is 23.0 Å². The van der Waals surface area contributed by atoms with Gasteiger partial charge in [0, 0.05) is 22.9 Å². The van der Waals surface area contributed by atoms with Crippen LogP contribution in [0, 0.1) is 0 Å². The molecule has 0 aliphatic heterocycles. The van der Waals surface area contributed by atoms with Crippen LogP contribution < -0.4 is 14.8 Å². The lowest BCUT2D eigenvalue weighted by Crippen LogP contribution is -2.11. The molecule has 4 rings (SSSR count). The molecule has 32 heavy (non-hydrogen) atoms. The highest BCUT2D eigenvalue weighted by Gasteiger charge is 2.11. The molecule has 1 amide bonds. The van der Waals surface area contributed by atoms with Crippen LogP contribution in [0.25, 0.3) is 11.3 Å². The summed E-state index contributed by atoms with van der Waals surface area (Å²) in [6.07, 6.45) is 2.39. The van der Waals surface area contributed by atoms with E-state index >= 15 is 0 Å². The maximum absolute atomic E-state index is 12.7. The average Bonchev–Trinajstić information content (AvgIpc) is 2.85. The molecule has 6 nitrogen and oxygen atoms in total. The SMILES string of the molecule is CCc1ccc(NC(=O)c2cccc(-c3cc(Oc4ccccc4OC)ncn3)c2)cc1. The van der Waals surface area contributed by atoms with E-state index in [1.165, 1.54) is 11.9 Å². The highest BCUT2D eigenvalue weighted by atomic mass is 16.5. The van der Waals surface area contributed by atoms with Crippen molar-refractivity contribution in [2.45, 2.75) is 13.3 Å². The van der Waals surface area contributed by atoms with E-state index in [9.17, 15) is 4.79 Å². The second-order valence-electron chi connectivity index (χ2n) is 7.08. The van der Waals surface area contributed by atoms with Crippen LogP contribution in [0.15, 0.2) is 85.2 Å². The molecule has 1 heterocycles. The predicted octanol–water partition coefficient (Wildman–Crippen LogP) is 5.76. The van der Waals surface area contributed by atoms with E-state index in [4.69, 9.17) is 9.47 Å². The quantitative estimate of drug-likeness (QED) is 0.408. The first kappa shape index (κ1) is 21.1. The molecule has 0 aliphatic rings. The number of methoxy groups -OCH3 is 1. The van der Waals surface area contributed by atoms with Crippen LogP contribution in [0.3, 0.4) is 0 Å². The Morgan fingerprint density at radius 2 is 1.69 bits per heavy atom. The third kappa shape index (κ3) is 4.92. The highest BCUT2D eigenvalue weighted by Crippen LogP contribution is 2.31. The standard InChI is InChI=1S/C26H23N3O3/c1-3-18-11-13-21(14-12-18)29-26(30)20-8-6-7-19(15-20)22-16-25(28-17-27-22)32-24-10-5-4-9-23(24)31-2/h4-17H,3H2,1-2H3,(H,29,30). The fourth-order valence-electron chi connectivity index (χ4n) is 3.22. The van der Waals surface area contributed by atoms with Crippen molar-refractivity contribution >= 4 is 11.6 Å². The summed E-state index contributed by atoms with van der Waals surface area (Å²) in [7, 11) is 1.59. The molecule has 0 spiro atoms. The van der Waals surface area contributed by atoms with Crippen molar-refractivity contribution in [1.29, 1.82) is 0 Å². The number of aryl methyl sites for hydroxylation is 1. The summed E-state index contributed by atoms with van der Waals surface area (Å²) in [6.45, 7) is 2.10. The Morgan fingerprint density at radius 3 is 2.44 bits per heavy atom. The Hall–Kier alpha value is -4.19. The smallest absolute Gasteiger partial charge is 0.255 e. The van der Waals surface area contributed by atoms with Crippen LogP contribution >= 0.6 is 0 Å². The molecule has 3 aromatic carbocycles. The maximum Gasteiger partial charge on any atom is 0.255 e. The zero-order chi connectivity index (χ0) is 22.3. The Morgan fingerprint density at radius 1 is 0.906 bits per heavy atom. The van der Waals surface area contributed by atoms with Gasteiger partial charge in [-0.2, -0.15) is 0 Å². The molecule has 0 unspecified atom stereocenters. The number of nitrogens with one attached hydrogen (secondary N) is 1. The summed E-state index contributed by atoms with van der Waals surface area (Å²) in [5, 5.41) is 2.93. The Kier molecular flexibility index (Phi) is 6.41. The molecule has 0 saturated heterocycles. The van der Waals surface area contributed by atoms with Gasteiger partial charge in [-0.15, -0.1) is 0 Å². The molecule has 0 radical (unpaired) electrons. The summed E-state index contributed by atoms with van der Waals surface area (Å²) in [4.78, 5) is 21.3. The van der Waals surface area contributed by atoms with Gasteiger partial charge in [0.1, 0.15) is 6.33 Å². The molecular weight excluding hydrogens is 402 g/mol. The number of aromatic nitrogens is 2. The topological polar surface area (TPSA) is 73.3 Å². The van der Waals surface area contributed by atoms with Crippen LogP contribution in [0.4, 0.5) is 5.69 Å². The van der Waals surface area contributed by atoms with E-state index in [0.29, 0.717) is 28.6 Å². The molecule has 1 aromatic heterocycles. The summed E-state index contributed by atoms with van der Waals surface area (Å²) >= 11 is 0. The van der Waals surface area contributed by atoms with E-state index in [-0.39, 0.29) is 5.91 Å². The Balaban J connectivity index is 1.53. The molecule has 4 aromatic rings. The normalized spacial score (nSPS) is 10.4. The molecule has 160 valence electrons. The lowest BCUT2D eigenvalue weighted by molar-refractivity contribution is 0.102. The number of amides is 1. The Bertz CT molecular complexity index is 1220. The van der Waals surface area contributed by atoms with Crippen molar-refractivity contribution in [3.63, 3.8) is 0 Å². The molecule has 0 atom stereocenters. The van der Waals surface area contributed by atoms with E-state index in [0.717, 1.165) is 17.7 Å². The van der Waals surface area contributed by atoms with E-state index in [2.05, 4.69) is 22.2 Å². The van der Waals surface area contributed by atoms with Crippen LogP contribution in [0.1, 0.15) is 22.8 Å². The summed E-state index contributed by atoms with van der Waals surface area (Å²) in [5.41, 5.74) is 3.94. The first-order chi connectivity index (χ1) is 15.7. The first-order valence-electron chi connectivity index (χ1n) is 10.3. The Labute approximate surface area is 186 Å². The van der Waals surface area contributed by atoms with Crippen LogP contribution in [0.2, 0.25) is 0 Å². The molecular formula is C26H23N3O3. The minimum Gasteiger partial charge on any atom is -0.493 e. The van der Waals surface area contributed by atoms with Gasteiger partial charge in [-0.3, -0.25) is 4.79 Å². The van der Waals surface area contributed by atoms with Gasteiger partial charge in [-0.05, 0) is 48.4 Å². The number of hydrogen-bond donors (Lipinski definition) is 1. The fourth-order valence-corrected chi connectivity index (χ4v) is 3.22. The van der Waals surface area contributed by atoms with Crippen molar-refractivity contribution in [3.05, 3.63) is 96.3 Å². The number of rotatable bonds is 7. The second-order valence-corrected chi connectivity index (χ2v) is 7.08. The largest absolute Gasteiger partial charge is 0.493 e. The zero-order valence-corrected chi connectivity index (χ0v) is 17.9. The first-order valence-corrected chi connectivity index (χ1v) is 10.3. The van der Waals surface area contributed by atoms with Gasteiger partial charge in [0.05, 0.1) is 12.8 Å². The van der Waals surface area contributed by atoms with Crippen molar-refractivity contribution in [3.8, 4) is 28.6 Å². The van der Waals surface area contributed by atoms with Crippen molar-refractivity contribution in [2.24, 2.45) is 0 Å². The van der Waals surface area contributed by atoms with E-state index in [1.54, 1.807) is 31.4 Å². The summed E-state index contributed by atoms with van der Waals surface area (Å²) in [6, 6.07) is 24.2. The number of para-hydroxylation sites is 2. The number of nitrogens with zero attached hydrogens (tertiary/aromatic N) is 2. The predicted molar refractivity (Wildman–Crippen MR) is 124 cm³/mol. The number of hydrogen-bond acceptors (Lipinski definition) is 5. The van der Waals surface area contributed by atoms with Gasteiger partial charge >= 0.3 is 0 Å². The van der Waals surface area contributed by atoms with Gasteiger partial charge in [0.15, 0.2) is 11.5 Å². The number of carbonyl (C=O) groups is 1. The number of carbonyl (C=O) groups excluding carboxylic acids is 1. The monoisotopic (exact) mass is 425 g/mol. The fraction of sp³-hybridized carbons (Fsp3) is 0.115. The third-order valence-electron chi connectivity index (χ3n) is 4.97. The van der Waals surface area contributed by atoms with Crippen LogP contribution in [0.5, 0.6) is 17.4 Å². The average molecular weight is 425 g/mol. The third-order valence-corrected chi connectivity index (χ3v) is 4.97. The summed E-state index contributed by atoms with van der Waals surface area (Å²) < 4.78 is 11.2. The lowest BCUT2D eigenvalue weighted by Gasteiger charge is -2.10. The van der Waals surface area contributed by atoms with Gasteiger partial charge < -0.3 is 14.8 Å². The van der Waals surface area contributed by atoms with Gasteiger partial charge in [-0.1, -0.05) is 43.3 Å². The number of benzene rings is 3. The van der Waals surface area contributed by atoms with Crippen molar-refractivity contribution in [2.75, 3.05) is 12.4 Å². The minimum atomic E-state index is -0.185. The highest BCUT2D eigenvalue weighted by molar-refractivity contribution is 6.04. The van der Waals surface area contributed by atoms with Gasteiger partial charge in [-0.25, -0.2) is 9.97 Å². The minimum absolute atomic E-state index is 0.185. The molecule has 0 aliphatic carbocycles. The summed E-state index contributed by atoms with van der Waals surface area (Å²) in [5.74, 6) is 1.36. The number of ether oxygens (including phenoxy) is 2. The molecule has 0 saturated carbocycles. The van der Waals surface area contributed by atoms with Gasteiger partial charge in [0.2, 0.25) is 5.88 Å². The molecule has 0 fully saturated rings. The van der Waals surface area contributed by atoms with Crippen molar-refractivity contribution < 1.29 is 14.3 Å². The molecule has 6 heteroatoms. The van der Waals surface area contributed by atoms with E-state index < -0.39 is 0 Å².